The number of nitrogens with one attached hydrogen (secondary N) is 1. The highest BCUT2D eigenvalue weighted by atomic mass is 32.2. The zero-order valence-electron chi connectivity index (χ0n) is 15.6. The average molecular weight is 394 g/mol. The van der Waals surface area contributed by atoms with Crippen molar-refractivity contribution in [3.63, 3.8) is 0 Å². The van der Waals surface area contributed by atoms with Crippen molar-refractivity contribution in [1.82, 2.24) is 5.32 Å². The van der Waals surface area contributed by atoms with Gasteiger partial charge >= 0.3 is 0 Å². The van der Waals surface area contributed by atoms with Crippen molar-refractivity contribution in [1.29, 1.82) is 0 Å². The van der Waals surface area contributed by atoms with Gasteiger partial charge in [-0.25, -0.2) is 8.42 Å². The topological polar surface area (TPSA) is 66.5 Å². The minimum Gasteiger partial charge on any atom is -0.352 e. The molecule has 0 aromatic heterocycles. The third-order valence-corrected chi connectivity index (χ3v) is 6.89. The number of hydrogen-bond acceptors (Lipinski definition) is 3. The molecule has 1 atom stereocenters. The Morgan fingerprint density at radius 2 is 1.71 bits per heavy atom. The second-order valence-corrected chi connectivity index (χ2v) is 8.97. The molecule has 1 aliphatic rings. The Labute approximate surface area is 165 Å². The van der Waals surface area contributed by atoms with Crippen LogP contribution in [0.3, 0.4) is 0 Å². The van der Waals surface area contributed by atoms with Crippen molar-refractivity contribution >= 4 is 32.4 Å². The van der Waals surface area contributed by atoms with Crippen molar-refractivity contribution < 1.29 is 13.2 Å². The van der Waals surface area contributed by atoms with Crippen molar-refractivity contribution in [3.8, 4) is 0 Å². The predicted octanol–water partition coefficient (Wildman–Crippen LogP) is 3.49. The molecule has 0 spiro atoms. The fourth-order valence-electron chi connectivity index (χ4n) is 3.68. The van der Waals surface area contributed by atoms with E-state index in [1.165, 1.54) is 9.87 Å². The molecule has 4 rings (SSSR count). The lowest BCUT2D eigenvalue weighted by atomic mass is 10.1. The molecule has 3 aromatic carbocycles. The van der Waals surface area contributed by atoms with Crippen molar-refractivity contribution in [2.24, 2.45) is 0 Å². The summed E-state index contributed by atoms with van der Waals surface area (Å²) >= 11 is 0. The lowest BCUT2D eigenvalue weighted by Gasteiger charge is -2.20. The van der Waals surface area contributed by atoms with Crippen molar-refractivity contribution in [3.05, 3.63) is 72.3 Å². The molecule has 5 nitrogen and oxygen atoms in total. The minimum absolute atomic E-state index is 0.0452. The minimum atomic E-state index is -3.71. The molecular formula is C22H22N2O3S. The number of rotatable bonds is 6. The Hall–Kier alpha value is -2.86. The van der Waals surface area contributed by atoms with E-state index in [0.29, 0.717) is 11.1 Å². The summed E-state index contributed by atoms with van der Waals surface area (Å²) in [6.07, 6.45) is 1.65. The van der Waals surface area contributed by atoms with Crippen LogP contribution in [-0.4, -0.2) is 26.9 Å². The molecule has 6 heteroatoms. The van der Waals surface area contributed by atoms with E-state index in [2.05, 4.69) is 17.4 Å². The van der Waals surface area contributed by atoms with Gasteiger partial charge < -0.3 is 5.32 Å². The maximum atomic E-state index is 12.9. The van der Waals surface area contributed by atoms with E-state index in [1.54, 1.807) is 18.2 Å². The molecule has 144 valence electrons. The van der Waals surface area contributed by atoms with Crippen LogP contribution in [0.5, 0.6) is 0 Å². The van der Waals surface area contributed by atoms with Crippen molar-refractivity contribution in [2.45, 2.75) is 30.7 Å². The summed E-state index contributed by atoms with van der Waals surface area (Å²) in [6.45, 7) is 1.72. The van der Waals surface area contributed by atoms with Gasteiger partial charge in [0.15, 0.2) is 0 Å². The Morgan fingerprint density at radius 1 is 1.00 bits per heavy atom. The number of carbonyl (C=O) groups is 1. The van der Waals surface area contributed by atoms with Gasteiger partial charge in [-0.1, -0.05) is 54.6 Å². The van der Waals surface area contributed by atoms with E-state index in [0.717, 1.165) is 18.2 Å². The van der Waals surface area contributed by atoms with Crippen LogP contribution in [-0.2, 0) is 21.2 Å². The first-order valence-corrected chi connectivity index (χ1v) is 10.8. The predicted molar refractivity (Wildman–Crippen MR) is 111 cm³/mol. The summed E-state index contributed by atoms with van der Waals surface area (Å²) in [5.41, 5.74) is 1.79. The number of anilines is 1. The molecule has 0 bridgehead atoms. The molecule has 0 saturated heterocycles. The maximum Gasteiger partial charge on any atom is 0.265 e. The third kappa shape index (κ3) is 3.36. The van der Waals surface area contributed by atoms with Gasteiger partial charge in [0.1, 0.15) is 6.54 Å². The molecule has 0 radical (unpaired) electrons. The molecule has 0 fully saturated rings. The number of hydrogen-bond donors (Lipinski definition) is 1. The second-order valence-electron chi connectivity index (χ2n) is 7.14. The second kappa shape index (κ2) is 7.28. The smallest absolute Gasteiger partial charge is 0.265 e. The summed E-state index contributed by atoms with van der Waals surface area (Å²) in [6, 6.07) is 20.7. The first-order valence-electron chi connectivity index (χ1n) is 9.34. The van der Waals surface area contributed by atoms with Gasteiger partial charge in [-0.05, 0) is 42.8 Å². The van der Waals surface area contributed by atoms with E-state index in [9.17, 15) is 13.2 Å². The number of amides is 1. The molecule has 0 saturated carbocycles. The van der Waals surface area contributed by atoms with Crippen LogP contribution < -0.4 is 9.62 Å². The Morgan fingerprint density at radius 3 is 2.46 bits per heavy atom. The lowest BCUT2D eigenvalue weighted by molar-refractivity contribution is -0.120. The number of benzene rings is 3. The summed E-state index contributed by atoms with van der Waals surface area (Å²) in [4.78, 5) is 12.8. The fourth-order valence-corrected chi connectivity index (χ4v) is 5.35. The van der Waals surface area contributed by atoms with E-state index in [1.807, 2.05) is 43.3 Å². The van der Waals surface area contributed by atoms with Crippen LogP contribution in [0.2, 0.25) is 0 Å². The van der Waals surface area contributed by atoms with Crippen LogP contribution in [0.25, 0.3) is 10.8 Å². The Kier molecular flexibility index (Phi) is 4.81. The van der Waals surface area contributed by atoms with Gasteiger partial charge in [0, 0.05) is 11.4 Å². The van der Waals surface area contributed by atoms with Gasteiger partial charge in [0.2, 0.25) is 5.91 Å². The Bertz CT molecular complexity index is 1120. The van der Waals surface area contributed by atoms with E-state index in [4.69, 9.17) is 0 Å². The normalized spacial score (nSPS) is 15.5. The van der Waals surface area contributed by atoms with Crippen LogP contribution in [0.4, 0.5) is 5.69 Å². The first kappa shape index (κ1) is 18.5. The van der Waals surface area contributed by atoms with E-state index < -0.39 is 10.0 Å². The molecule has 3 aromatic rings. The molecule has 1 N–H and O–H groups in total. The largest absolute Gasteiger partial charge is 0.352 e. The summed E-state index contributed by atoms with van der Waals surface area (Å²) in [5.74, 6) is -0.297. The molecule has 28 heavy (non-hydrogen) atoms. The number of aryl methyl sites for hydroxylation is 1. The van der Waals surface area contributed by atoms with Crippen LogP contribution >= 0.6 is 0 Å². The first-order chi connectivity index (χ1) is 13.5. The van der Waals surface area contributed by atoms with Gasteiger partial charge in [0.25, 0.3) is 10.0 Å². The molecule has 1 heterocycles. The van der Waals surface area contributed by atoms with E-state index in [-0.39, 0.29) is 23.4 Å². The fraction of sp³-hybridized carbons (Fsp3) is 0.227. The molecule has 1 amide bonds. The summed E-state index contributed by atoms with van der Waals surface area (Å²) in [5, 5.41) is 4.48. The van der Waals surface area contributed by atoms with Gasteiger partial charge in [0.05, 0.1) is 10.6 Å². The highest BCUT2D eigenvalue weighted by Crippen LogP contribution is 2.41. The van der Waals surface area contributed by atoms with Gasteiger partial charge in [-0.2, -0.15) is 0 Å². The van der Waals surface area contributed by atoms with Crippen LogP contribution in [0, 0.1) is 0 Å². The Balaban J connectivity index is 1.46. The zero-order valence-corrected chi connectivity index (χ0v) is 16.4. The quantitative estimate of drug-likeness (QED) is 0.696. The van der Waals surface area contributed by atoms with Gasteiger partial charge in [-0.3, -0.25) is 9.10 Å². The van der Waals surface area contributed by atoms with Crippen LogP contribution in [0.15, 0.2) is 71.6 Å². The summed E-state index contributed by atoms with van der Waals surface area (Å²) < 4.78 is 27.1. The van der Waals surface area contributed by atoms with Gasteiger partial charge in [-0.15, -0.1) is 0 Å². The number of sulfonamides is 1. The van der Waals surface area contributed by atoms with Crippen molar-refractivity contribution in [2.75, 3.05) is 10.8 Å². The third-order valence-electron chi connectivity index (χ3n) is 5.08. The highest BCUT2D eigenvalue weighted by molar-refractivity contribution is 7.93. The standard InChI is InChI=1S/C22H22N2O3S/c1-16(13-14-17-7-3-2-4-8-17)23-21(25)15-24-19-11-5-9-18-10-6-12-20(22(18)19)28(24,26)27/h2-12,16H,13-15H2,1H3,(H,23,25). The molecular weight excluding hydrogens is 372 g/mol. The molecule has 1 unspecified atom stereocenters. The monoisotopic (exact) mass is 394 g/mol. The molecule has 1 aliphatic heterocycles. The summed E-state index contributed by atoms with van der Waals surface area (Å²) in [7, 11) is -3.71. The maximum absolute atomic E-state index is 12.9. The van der Waals surface area contributed by atoms with E-state index >= 15 is 0 Å². The number of nitrogens with zero attached hydrogens (tertiary/aromatic N) is 1. The lowest BCUT2D eigenvalue weighted by Crippen LogP contribution is -2.42. The zero-order chi connectivity index (χ0) is 19.7. The SMILES string of the molecule is CC(CCc1ccccc1)NC(=O)CN1c2cccc3cccc(c23)S1(=O)=O. The van der Waals surface area contributed by atoms with Crippen LogP contribution in [0.1, 0.15) is 18.9 Å². The number of carbonyl (C=O) groups excluding carboxylic acids is 1. The highest BCUT2D eigenvalue weighted by Gasteiger charge is 2.36. The average Bonchev–Trinajstić information content (AvgIpc) is 2.91. The molecule has 0 aliphatic carbocycles.